The smallest absolute Gasteiger partial charge is 0.329 e. The molecular formula is C25H28FN3O4. The maximum absolute atomic E-state index is 13.9. The minimum absolute atomic E-state index is 0.261. The number of aliphatic hydroxyl groups excluding tert-OH is 1. The number of hydrazone groups is 1. The summed E-state index contributed by atoms with van der Waals surface area (Å²) in [6.45, 7) is 0.756. The van der Waals surface area contributed by atoms with Crippen LogP contribution < -0.4 is 0 Å². The van der Waals surface area contributed by atoms with Crippen LogP contribution in [0.3, 0.4) is 0 Å². The van der Waals surface area contributed by atoms with Crippen molar-refractivity contribution in [3.63, 3.8) is 0 Å². The molecule has 1 aliphatic heterocycles. The van der Waals surface area contributed by atoms with Crippen LogP contribution in [0, 0.1) is 17.7 Å². The standard InChI is InChI=1S/C25H28FN3O4/c26-21-8-4-7-20(13-21)23-24(19-5-2-1-3-6-19)28-29(25(32)27-23)14-17-9-11-18(12-10-17)15-33-16-22(30)31/h1-8,13,17-18,25,32H,9-12,14-16H2,(H,30,31). The van der Waals surface area contributed by atoms with Gasteiger partial charge in [0.05, 0.1) is 12.3 Å². The molecule has 2 aliphatic rings. The number of carboxylic acids is 1. The van der Waals surface area contributed by atoms with Gasteiger partial charge in [0.1, 0.15) is 18.1 Å². The van der Waals surface area contributed by atoms with Crippen molar-refractivity contribution in [3.8, 4) is 0 Å². The molecule has 0 saturated heterocycles. The number of aliphatic imine (C=N–C) groups is 1. The average molecular weight is 454 g/mol. The number of benzene rings is 2. The van der Waals surface area contributed by atoms with Crippen molar-refractivity contribution >= 4 is 17.4 Å². The van der Waals surface area contributed by atoms with Gasteiger partial charge in [-0.05, 0) is 49.7 Å². The lowest BCUT2D eigenvalue weighted by atomic mass is 9.82. The van der Waals surface area contributed by atoms with E-state index < -0.39 is 12.3 Å². The Morgan fingerprint density at radius 3 is 2.39 bits per heavy atom. The van der Waals surface area contributed by atoms with Crippen LogP contribution in [-0.4, -0.2) is 58.7 Å². The fourth-order valence-corrected chi connectivity index (χ4v) is 4.40. The molecule has 0 amide bonds. The molecule has 0 aromatic heterocycles. The Hall–Kier alpha value is -3.10. The SMILES string of the molecule is O=C(O)COCC1CCC(CN2N=C(c3ccccc3)C(c3cccc(F)c3)=NC2O)CC1. The van der Waals surface area contributed by atoms with Crippen molar-refractivity contribution in [3.05, 3.63) is 71.5 Å². The number of hydrogen-bond donors (Lipinski definition) is 2. The lowest BCUT2D eigenvalue weighted by Crippen LogP contribution is -2.41. The van der Waals surface area contributed by atoms with E-state index in [-0.39, 0.29) is 12.4 Å². The summed E-state index contributed by atoms with van der Waals surface area (Å²) in [5.74, 6) is -0.633. The number of rotatable bonds is 8. The molecule has 2 aromatic rings. The molecule has 1 heterocycles. The minimum atomic E-state index is -1.15. The van der Waals surface area contributed by atoms with Gasteiger partial charge in [-0.2, -0.15) is 5.10 Å². The van der Waals surface area contributed by atoms with Gasteiger partial charge in [-0.1, -0.05) is 42.5 Å². The highest BCUT2D eigenvalue weighted by atomic mass is 19.1. The third-order valence-electron chi connectivity index (χ3n) is 6.10. The second kappa shape index (κ2) is 10.7. The summed E-state index contributed by atoms with van der Waals surface area (Å²) in [6, 6.07) is 15.7. The number of hydrogen-bond acceptors (Lipinski definition) is 6. The van der Waals surface area contributed by atoms with Crippen molar-refractivity contribution in [2.45, 2.75) is 32.0 Å². The summed E-state index contributed by atoms with van der Waals surface area (Å²) in [4.78, 5) is 15.1. The number of aliphatic hydroxyl groups is 1. The zero-order valence-corrected chi connectivity index (χ0v) is 18.3. The first-order valence-corrected chi connectivity index (χ1v) is 11.2. The second-order valence-corrected chi connectivity index (χ2v) is 8.57. The predicted molar refractivity (Wildman–Crippen MR) is 123 cm³/mol. The van der Waals surface area contributed by atoms with Gasteiger partial charge in [0.25, 0.3) is 0 Å². The van der Waals surface area contributed by atoms with Crippen molar-refractivity contribution in [2.24, 2.45) is 21.9 Å². The molecule has 1 saturated carbocycles. The van der Waals surface area contributed by atoms with Crippen LogP contribution in [0.5, 0.6) is 0 Å². The molecule has 1 atom stereocenters. The third-order valence-corrected chi connectivity index (χ3v) is 6.10. The van der Waals surface area contributed by atoms with Crippen molar-refractivity contribution in [2.75, 3.05) is 19.8 Å². The lowest BCUT2D eigenvalue weighted by Gasteiger charge is -2.34. The number of ether oxygens (including phenoxy) is 1. The molecule has 2 aromatic carbocycles. The van der Waals surface area contributed by atoms with E-state index in [1.165, 1.54) is 12.1 Å². The molecule has 174 valence electrons. The summed E-state index contributed by atoms with van der Waals surface area (Å²) >= 11 is 0. The van der Waals surface area contributed by atoms with E-state index in [9.17, 15) is 14.3 Å². The summed E-state index contributed by atoms with van der Waals surface area (Å²) < 4.78 is 19.1. The molecule has 0 radical (unpaired) electrons. The largest absolute Gasteiger partial charge is 0.480 e. The van der Waals surface area contributed by atoms with Crippen LogP contribution in [0.4, 0.5) is 4.39 Å². The number of halogens is 1. The van der Waals surface area contributed by atoms with Crippen LogP contribution in [0.15, 0.2) is 64.7 Å². The van der Waals surface area contributed by atoms with Crippen LogP contribution in [-0.2, 0) is 9.53 Å². The van der Waals surface area contributed by atoms with Crippen LogP contribution in [0.2, 0.25) is 0 Å². The summed E-state index contributed by atoms with van der Waals surface area (Å²) in [5, 5.41) is 25.8. The first-order chi connectivity index (χ1) is 16.0. The first kappa shape index (κ1) is 23.1. The Morgan fingerprint density at radius 2 is 1.70 bits per heavy atom. The molecule has 1 aliphatic carbocycles. The third kappa shape index (κ3) is 6.03. The Labute approximate surface area is 192 Å². The second-order valence-electron chi connectivity index (χ2n) is 8.57. The Bertz CT molecular complexity index is 1020. The highest BCUT2D eigenvalue weighted by molar-refractivity contribution is 6.53. The Kier molecular flexibility index (Phi) is 7.47. The predicted octanol–water partition coefficient (Wildman–Crippen LogP) is 3.52. The van der Waals surface area contributed by atoms with Gasteiger partial charge >= 0.3 is 5.97 Å². The van der Waals surface area contributed by atoms with Gasteiger partial charge in [-0.3, -0.25) is 0 Å². The molecular weight excluding hydrogens is 425 g/mol. The van der Waals surface area contributed by atoms with Gasteiger partial charge in [0, 0.05) is 17.7 Å². The molecule has 0 bridgehead atoms. The topological polar surface area (TPSA) is 94.7 Å². The van der Waals surface area contributed by atoms with Crippen LogP contribution in [0.1, 0.15) is 36.8 Å². The van der Waals surface area contributed by atoms with Gasteiger partial charge in [-0.15, -0.1) is 0 Å². The number of nitrogens with zero attached hydrogens (tertiary/aromatic N) is 3. The number of carbonyl (C=O) groups is 1. The van der Waals surface area contributed by atoms with Gasteiger partial charge in [0.15, 0.2) is 0 Å². The van der Waals surface area contributed by atoms with E-state index in [4.69, 9.17) is 14.9 Å². The molecule has 1 fully saturated rings. The number of aliphatic carboxylic acids is 1. The van der Waals surface area contributed by atoms with Crippen LogP contribution >= 0.6 is 0 Å². The van der Waals surface area contributed by atoms with E-state index in [0.29, 0.717) is 42.0 Å². The fourth-order valence-electron chi connectivity index (χ4n) is 4.40. The summed E-state index contributed by atoms with van der Waals surface area (Å²) in [5.41, 5.74) is 2.47. The highest BCUT2D eigenvalue weighted by Crippen LogP contribution is 2.31. The van der Waals surface area contributed by atoms with E-state index >= 15 is 0 Å². The quantitative estimate of drug-likeness (QED) is 0.638. The normalized spacial score (nSPS) is 23.1. The zero-order chi connectivity index (χ0) is 23.2. The van der Waals surface area contributed by atoms with Gasteiger partial charge < -0.3 is 14.9 Å². The lowest BCUT2D eigenvalue weighted by molar-refractivity contribution is -0.142. The molecule has 7 nitrogen and oxygen atoms in total. The molecule has 8 heteroatoms. The monoisotopic (exact) mass is 453 g/mol. The molecule has 0 spiro atoms. The van der Waals surface area contributed by atoms with Gasteiger partial charge in [-0.25, -0.2) is 19.2 Å². The van der Waals surface area contributed by atoms with E-state index in [0.717, 1.165) is 31.2 Å². The highest BCUT2D eigenvalue weighted by Gasteiger charge is 2.29. The molecule has 1 unspecified atom stereocenters. The van der Waals surface area contributed by atoms with Crippen molar-refractivity contribution < 1.29 is 24.1 Å². The first-order valence-electron chi connectivity index (χ1n) is 11.2. The maximum atomic E-state index is 13.9. The minimum Gasteiger partial charge on any atom is -0.480 e. The van der Waals surface area contributed by atoms with E-state index in [2.05, 4.69) is 4.99 Å². The average Bonchev–Trinajstić information content (AvgIpc) is 2.81. The molecule has 4 rings (SSSR count). The summed E-state index contributed by atoms with van der Waals surface area (Å²) in [7, 11) is 0. The summed E-state index contributed by atoms with van der Waals surface area (Å²) in [6.07, 6.45) is 2.64. The Morgan fingerprint density at radius 1 is 1.00 bits per heavy atom. The number of carboxylic acid groups (broad SMARTS) is 1. The maximum Gasteiger partial charge on any atom is 0.329 e. The molecule has 33 heavy (non-hydrogen) atoms. The Balaban J connectivity index is 1.46. The van der Waals surface area contributed by atoms with E-state index in [1.54, 1.807) is 17.1 Å². The fraction of sp³-hybridized carbons (Fsp3) is 0.400. The van der Waals surface area contributed by atoms with Crippen molar-refractivity contribution in [1.29, 1.82) is 0 Å². The van der Waals surface area contributed by atoms with Gasteiger partial charge in [0.2, 0.25) is 6.35 Å². The van der Waals surface area contributed by atoms with Crippen molar-refractivity contribution in [1.82, 2.24) is 5.01 Å². The van der Waals surface area contributed by atoms with E-state index in [1.807, 2.05) is 30.3 Å². The molecule has 2 N–H and O–H groups in total. The zero-order valence-electron chi connectivity index (χ0n) is 18.3. The van der Waals surface area contributed by atoms with Crippen LogP contribution in [0.25, 0.3) is 0 Å².